The Balaban J connectivity index is 0.000000515. The monoisotopic (exact) mass is 556 g/mol. The van der Waals surface area contributed by atoms with Gasteiger partial charge >= 0.3 is 10.1 Å². The number of alkyl halides is 3. The van der Waals surface area contributed by atoms with Gasteiger partial charge in [0.2, 0.25) is 10.0 Å². The third kappa shape index (κ3) is 7.70. The molecule has 0 saturated carbocycles. The standard InChI is InChI=1S/C8H6N2O4S.CHBr3O3S/c1-2-6-3-7(10(11)12)5-8(4-6)15(9,13)14;2-1(3,4)8(5,6)7/h1,3-5H,(H2,9,13,14);(H,5,6,7). The van der Waals surface area contributed by atoms with Crippen molar-refractivity contribution >= 4 is 73.6 Å². The summed E-state index contributed by atoms with van der Waals surface area (Å²) in [6.07, 6.45) is 5.02. The maximum atomic E-state index is 11.0. The average Bonchev–Trinajstić information content (AvgIpc) is 2.35. The van der Waals surface area contributed by atoms with E-state index >= 15 is 0 Å². The molecule has 0 heterocycles. The molecule has 23 heavy (non-hydrogen) atoms. The summed E-state index contributed by atoms with van der Waals surface area (Å²) in [5.41, 5.74) is -0.317. The summed E-state index contributed by atoms with van der Waals surface area (Å²) in [7, 11) is -8.08. The van der Waals surface area contributed by atoms with E-state index in [-0.39, 0.29) is 10.5 Å². The van der Waals surface area contributed by atoms with Gasteiger partial charge < -0.3 is 0 Å². The Kier molecular flexibility index (Phi) is 7.82. The molecule has 0 aliphatic heterocycles. The first kappa shape index (κ1) is 22.4. The molecular weight excluding hydrogens is 552 g/mol. The second kappa shape index (κ2) is 8.01. The Labute approximate surface area is 157 Å². The van der Waals surface area contributed by atoms with Crippen LogP contribution in [0.4, 0.5) is 5.69 Å². The fourth-order valence-electron chi connectivity index (χ4n) is 0.936. The van der Waals surface area contributed by atoms with Crippen LogP contribution in [0.15, 0.2) is 23.1 Å². The molecule has 1 aromatic rings. The zero-order valence-corrected chi connectivity index (χ0v) is 17.1. The van der Waals surface area contributed by atoms with Gasteiger partial charge in [-0.2, -0.15) is 8.42 Å². The molecule has 1 aromatic carbocycles. The SMILES string of the molecule is C#Cc1cc([N+](=O)[O-])cc(S(N)(=O)=O)c1.O=S(=O)(O)C(Br)(Br)Br. The molecule has 0 spiro atoms. The Hall–Kier alpha value is -0.560. The molecular formula is C9H7Br3N2O7S2. The highest BCUT2D eigenvalue weighted by molar-refractivity contribution is 9.42. The maximum absolute atomic E-state index is 11.0. The van der Waals surface area contributed by atoms with Crippen LogP contribution in [0.3, 0.4) is 0 Å². The molecule has 0 amide bonds. The van der Waals surface area contributed by atoms with E-state index < -0.39 is 32.2 Å². The minimum atomic E-state index is -4.09. The predicted molar refractivity (Wildman–Crippen MR) is 93.5 cm³/mol. The van der Waals surface area contributed by atoms with E-state index in [1.807, 2.05) is 0 Å². The zero-order chi connectivity index (χ0) is 18.6. The van der Waals surface area contributed by atoms with Crippen molar-refractivity contribution < 1.29 is 26.3 Å². The van der Waals surface area contributed by atoms with Crippen LogP contribution >= 0.6 is 47.8 Å². The van der Waals surface area contributed by atoms with Gasteiger partial charge in [-0.25, -0.2) is 13.6 Å². The Bertz CT molecular complexity index is 854. The minimum absolute atomic E-state index is 0.0909. The van der Waals surface area contributed by atoms with E-state index in [0.29, 0.717) is 0 Å². The highest BCUT2D eigenvalue weighted by atomic mass is 80.0. The zero-order valence-electron chi connectivity index (χ0n) is 10.7. The van der Waals surface area contributed by atoms with Crippen LogP contribution in [0.1, 0.15) is 5.56 Å². The maximum Gasteiger partial charge on any atom is 0.301 e. The van der Waals surface area contributed by atoms with Crippen LogP contribution in [0, 0.1) is 22.5 Å². The largest absolute Gasteiger partial charge is 0.301 e. The summed E-state index contributed by atoms with van der Waals surface area (Å²) >= 11 is 7.78. The number of nitro benzene ring substituents is 1. The number of nitrogens with two attached hydrogens (primary N) is 1. The number of rotatable bonds is 2. The first-order valence-corrected chi connectivity index (χ1v) is 10.3. The Morgan fingerprint density at radius 1 is 1.22 bits per heavy atom. The van der Waals surface area contributed by atoms with Crippen molar-refractivity contribution in [2.45, 2.75) is 6.37 Å². The van der Waals surface area contributed by atoms with Crippen LogP contribution in [0.5, 0.6) is 0 Å². The summed E-state index contributed by atoms with van der Waals surface area (Å²) < 4.78 is 48.6. The fraction of sp³-hybridized carbons (Fsp3) is 0.111. The lowest BCUT2D eigenvalue weighted by atomic mass is 10.2. The van der Waals surface area contributed by atoms with E-state index in [1.165, 1.54) is 0 Å². The molecule has 0 saturated heterocycles. The smallest absolute Gasteiger partial charge is 0.283 e. The summed E-state index contributed by atoms with van der Waals surface area (Å²) in [6, 6.07) is 3.05. The Morgan fingerprint density at radius 2 is 1.65 bits per heavy atom. The molecule has 0 aliphatic rings. The lowest BCUT2D eigenvalue weighted by Gasteiger charge is -2.04. The molecule has 0 aliphatic carbocycles. The number of non-ortho nitro benzene ring substituents is 1. The number of nitro groups is 1. The third-order valence-corrected chi connectivity index (χ3v) is 7.05. The van der Waals surface area contributed by atoms with E-state index in [0.717, 1.165) is 18.2 Å². The number of halogens is 3. The lowest BCUT2D eigenvalue weighted by Crippen LogP contribution is -2.15. The molecule has 14 heteroatoms. The van der Waals surface area contributed by atoms with Gasteiger partial charge in [-0.05, 0) is 53.9 Å². The molecule has 0 atom stereocenters. The fourth-order valence-corrected chi connectivity index (χ4v) is 1.51. The minimum Gasteiger partial charge on any atom is -0.283 e. The van der Waals surface area contributed by atoms with Crippen molar-refractivity contribution in [2.24, 2.45) is 5.14 Å². The number of sulfonamides is 1. The van der Waals surface area contributed by atoms with Crippen molar-refractivity contribution in [1.82, 2.24) is 0 Å². The van der Waals surface area contributed by atoms with E-state index in [1.54, 1.807) is 0 Å². The molecule has 0 unspecified atom stereocenters. The third-order valence-electron chi connectivity index (χ3n) is 1.89. The molecule has 128 valence electrons. The number of hydrogen-bond acceptors (Lipinski definition) is 6. The highest BCUT2D eigenvalue weighted by Crippen LogP contribution is 2.38. The number of benzene rings is 1. The van der Waals surface area contributed by atoms with Crippen LogP contribution in [0.25, 0.3) is 0 Å². The molecule has 0 radical (unpaired) electrons. The normalized spacial score (nSPS) is 11.8. The summed E-state index contributed by atoms with van der Waals surface area (Å²) in [5, 5.41) is 15.3. The number of terminal acetylenes is 1. The number of primary sulfonamides is 1. The lowest BCUT2D eigenvalue weighted by molar-refractivity contribution is -0.385. The molecule has 9 nitrogen and oxygen atoms in total. The number of hydrogen-bond donors (Lipinski definition) is 2. The van der Waals surface area contributed by atoms with Gasteiger partial charge in [-0.3, -0.25) is 14.7 Å². The average molecular weight is 559 g/mol. The second-order valence-corrected chi connectivity index (χ2v) is 15.0. The predicted octanol–water partition coefficient (Wildman–Crippen LogP) is 1.89. The number of nitrogens with zero attached hydrogens (tertiary/aromatic N) is 1. The van der Waals surface area contributed by atoms with Crippen molar-refractivity contribution in [2.75, 3.05) is 0 Å². The first-order chi connectivity index (χ1) is 10.1. The van der Waals surface area contributed by atoms with Crippen LogP contribution in [0.2, 0.25) is 0 Å². The summed E-state index contributed by atoms with van der Waals surface area (Å²) in [4.78, 5) is 9.34. The Morgan fingerprint density at radius 3 is 1.91 bits per heavy atom. The van der Waals surface area contributed by atoms with Gasteiger partial charge in [0.05, 0.1) is 9.82 Å². The van der Waals surface area contributed by atoms with Crippen LogP contribution in [-0.2, 0) is 20.1 Å². The van der Waals surface area contributed by atoms with Gasteiger partial charge in [-0.1, -0.05) is 5.92 Å². The topological polar surface area (TPSA) is 158 Å². The van der Waals surface area contributed by atoms with Gasteiger partial charge in [0, 0.05) is 17.7 Å². The van der Waals surface area contributed by atoms with E-state index in [9.17, 15) is 26.9 Å². The van der Waals surface area contributed by atoms with Gasteiger partial charge in [-0.15, -0.1) is 6.42 Å². The summed E-state index contributed by atoms with van der Waals surface area (Å²) in [6.45, 7) is 0. The van der Waals surface area contributed by atoms with Crippen LogP contribution < -0.4 is 5.14 Å². The second-order valence-electron chi connectivity index (χ2n) is 3.58. The van der Waals surface area contributed by atoms with Crippen molar-refractivity contribution in [1.29, 1.82) is 0 Å². The molecule has 1 rings (SSSR count). The van der Waals surface area contributed by atoms with Crippen molar-refractivity contribution in [3.05, 3.63) is 33.9 Å². The van der Waals surface area contributed by atoms with E-state index in [2.05, 4.69) is 53.7 Å². The first-order valence-electron chi connectivity index (χ1n) is 4.92. The molecule has 0 fully saturated rings. The van der Waals surface area contributed by atoms with Gasteiger partial charge in [0.25, 0.3) is 7.16 Å². The quantitative estimate of drug-likeness (QED) is 0.184. The van der Waals surface area contributed by atoms with Gasteiger partial charge in [0.1, 0.15) is 0 Å². The van der Waals surface area contributed by atoms with E-state index in [4.69, 9.17) is 16.1 Å². The van der Waals surface area contributed by atoms with Crippen LogP contribution in [-0.4, -0.2) is 27.8 Å². The summed E-state index contributed by atoms with van der Waals surface area (Å²) in [5.74, 6) is 2.11. The highest BCUT2D eigenvalue weighted by Gasteiger charge is 2.33. The van der Waals surface area contributed by atoms with Gasteiger partial charge in [0.15, 0.2) is 0 Å². The van der Waals surface area contributed by atoms with Crippen molar-refractivity contribution in [3.63, 3.8) is 0 Å². The molecule has 3 N–H and O–H groups in total. The molecule has 0 bridgehead atoms. The molecule has 0 aromatic heterocycles. The van der Waals surface area contributed by atoms with Crippen molar-refractivity contribution in [3.8, 4) is 12.3 Å².